The third-order valence-corrected chi connectivity index (χ3v) is 7.50. The molecule has 0 saturated heterocycles. The predicted octanol–water partition coefficient (Wildman–Crippen LogP) is 10.2. The van der Waals surface area contributed by atoms with Gasteiger partial charge >= 0.3 is 0 Å². The third-order valence-electron chi connectivity index (χ3n) is 7.50. The normalized spacial score (nSPS) is 13.9. The van der Waals surface area contributed by atoms with Crippen LogP contribution in [0.5, 0.6) is 0 Å². The van der Waals surface area contributed by atoms with Gasteiger partial charge in [0.25, 0.3) is 0 Å². The Morgan fingerprint density at radius 3 is 1.50 bits per heavy atom. The molecule has 0 bridgehead atoms. The molecule has 0 heterocycles. The van der Waals surface area contributed by atoms with E-state index in [0.717, 1.165) is 44.9 Å². The van der Waals surface area contributed by atoms with Crippen molar-refractivity contribution in [2.45, 2.75) is 167 Å². The van der Waals surface area contributed by atoms with E-state index in [2.05, 4.69) is 67.8 Å². The zero-order valence-electron chi connectivity index (χ0n) is 27.5. The summed E-state index contributed by atoms with van der Waals surface area (Å²) < 4.78 is 0. The topological polar surface area (TPSA) is 69.6 Å². The van der Waals surface area contributed by atoms with Crippen molar-refractivity contribution in [3.63, 3.8) is 0 Å². The van der Waals surface area contributed by atoms with E-state index >= 15 is 0 Å². The summed E-state index contributed by atoms with van der Waals surface area (Å²) in [7, 11) is 0. The van der Waals surface area contributed by atoms with Gasteiger partial charge in [0, 0.05) is 6.42 Å². The number of carbonyl (C=O) groups is 1. The second-order valence-electron chi connectivity index (χ2n) is 11.6. The standard InChI is InChI=1S/C38H67NO3/c1-3-5-7-9-11-13-15-17-18-19-20-22-24-26-28-30-32-34-38(42)39-36(35-40)37(41)33-31-29-27-25-23-21-16-14-12-10-8-6-4-2/h11,13,17-18,20,22,26,28,31,33,36-37,40-41H,3-10,12,14-16,19,21,23-25,27,29-30,32,34-35H2,1-2H3,(H,39,42)/b13-11+,18-17+,22-20+,28-26+,33-31+/t36-,37+/m0/s1. The Kier molecular flexibility index (Phi) is 32.1. The highest BCUT2D eigenvalue weighted by molar-refractivity contribution is 5.76. The molecular weight excluding hydrogens is 518 g/mol. The molecule has 0 unspecified atom stereocenters. The number of hydrogen-bond acceptors (Lipinski definition) is 3. The Bertz CT molecular complexity index is 722. The third kappa shape index (κ3) is 29.6. The lowest BCUT2D eigenvalue weighted by molar-refractivity contribution is -0.122. The molecule has 4 heteroatoms. The number of aliphatic hydroxyl groups excluding tert-OH is 2. The quantitative estimate of drug-likeness (QED) is 0.0580. The van der Waals surface area contributed by atoms with Crippen molar-refractivity contribution in [2.24, 2.45) is 0 Å². The fourth-order valence-corrected chi connectivity index (χ4v) is 4.76. The van der Waals surface area contributed by atoms with E-state index in [1.165, 1.54) is 89.9 Å². The minimum Gasteiger partial charge on any atom is -0.394 e. The molecule has 0 aromatic carbocycles. The first kappa shape index (κ1) is 40.1. The minimum absolute atomic E-state index is 0.122. The molecule has 2 atom stereocenters. The maximum atomic E-state index is 12.3. The lowest BCUT2D eigenvalue weighted by Gasteiger charge is -2.19. The zero-order chi connectivity index (χ0) is 30.8. The first-order valence-corrected chi connectivity index (χ1v) is 17.5. The van der Waals surface area contributed by atoms with Gasteiger partial charge in [-0.05, 0) is 57.8 Å². The van der Waals surface area contributed by atoms with E-state index in [1.54, 1.807) is 6.08 Å². The van der Waals surface area contributed by atoms with Crippen molar-refractivity contribution in [1.29, 1.82) is 0 Å². The van der Waals surface area contributed by atoms with Gasteiger partial charge in [-0.15, -0.1) is 0 Å². The number of amides is 1. The van der Waals surface area contributed by atoms with Gasteiger partial charge in [0.1, 0.15) is 0 Å². The Morgan fingerprint density at radius 2 is 0.976 bits per heavy atom. The Balaban J connectivity index is 3.79. The van der Waals surface area contributed by atoms with Gasteiger partial charge in [0.15, 0.2) is 0 Å². The molecule has 0 spiro atoms. The van der Waals surface area contributed by atoms with Gasteiger partial charge in [0.05, 0.1) is 18.8 Å². The molecule has 242 valence electrons. The molecule has 42 heavy (non-hydrogen) atoms. The second-order valence-corrected chi connectivity index (χ2v) is 11.6. The maximum absolute atomic E-state index is 12.3. The zero-order valence-corrected chi connectivity index (χ0v) is 27.5. The summed E-state index contributed by atoms with van der Waals surface area (Å²) in [4.78, 5) is 12.3. The highest BCUT2D eigenvalue weighted by Gasteiger charge is 2.17. The van der Waals surface area contributed by atoms with Crippen LogP contribution >= 0.6 is 0 Å². The van der Waals surface area contributed by atoms with Gasteiger partial charge in [0.2, 0.25) is 5.91 Å². The monoisotopic (exact) mass is 586 g/mol. The number of allylic oxidation sites excluding steroid dienone is 9. The summed E-state index contributed by atoms with van der Waals surface area (Å²) in [6, 6.07) is -0.650. The van der Waals surface area contributed by atoms with Crippen LogP contribution in [0.15, 0.2) is 60.8 Å². The first-order chi connectivity index (χ1) is 20.7. The van der Waals surface area contributed by atoms with Crippen LogP contribution in [0.25, 0.3) is 0 Å². The lowest BCUT2D eigenvalue weighted by atomic mass is 10.0. The Morgan fingerprint density at radius 1 is 0.571 bits per heavy atom. The van der Waals surface area contributed by atoms with Gasteiger partial charge in [-0.1, -0.05) is 152 Å². The van der Waals surface area contributed by atoms with Crippen LogP contribution < -0.4 is 5.32 Å². The fraction of sp³-hybridized carbons (Fsp3) is 0.711. The molecule has 3 N–H and O–H groups in total. The molecule has 1 amide bonds. The van der Waals surface area contributed by atoms with Gasteiger partial charge in [-0.25, -0.2) is 0 Å². The molecular formula is C38H67NO3. The number of rotatable bonds is 30. The van der Waals surface area contributed by atoms with E-state index < -0.39 is 12.1 Å². The summed E-state index contributed by atoms with van der Waals surface area (Å²) >= 11 is 0. The minimum atomic E-state index is -0.861. The highest BCUT2D eigenvalue weighted by atomic mass is 16.3. The van der Waals surface area contributed by atoms with Crippen LogP contribution in [0.2, 0.25) is 0 Å². The van der Waals surface area contributed by atoms with Crippen molar-refractivity contribution in [1.82, 2.24) is 5.32 Å². The van der Waals surface area contributed by atoms with Crippen LogP contribution in [-0.2, 0) is 4.79 Å². The van der Waals surface area contributed by atoms with Crippen molar-refractivity contribution < 1.29 is 15.0 Å². The van der Waals surface area contributed by atoms with Crippen molar-refractivity contribution in [3.8, 4) is 0 Å². The molecule has 0 aliphatic rings. The SMILES string of the molecule is CCCCC/C=C/C/C=C/C/C=C/C/C=C/CCCC(=O)N[C@@H](CO)[C@H](O)/C=C/CCCCCCCCCCCCC. The summed E-state index contributed by atoms with van der Waals surface area (Å²) in [6.45, 7) is 4.23. The average molecular weight is 586 g/mol. The van der Waals surface area contributed by atoms with Crippen LogP contribution in [0, 0.1) is 0 Å². The average Bonchev–Trinajstić information content (AvgIpc) is 2.99. The van der Waals surface area contributed by atoms with Crippen molar-refractivity contribution in [3.05, 3.63) is 60.8 Å². The van der Waals surface area contributed by atoms with Gasteiger partial charge in [-0.3, -0.25) is 4.79 Å². The molecule has 0 aromatic rings. The number of aliphatic hydroxyl groups is 2. The molecule has 0 aromatic heterocycles. The van der Waals surface area contributed by atoms with E-state index in [-0.39, 0.29) is 12.5 Å². The smallest absolute Gasteiger partial charge is 0.220 e. The van der Waals surface area contributed by atoms with E-state index in [9.17, 15) is 15.0 Å². The molecule has 0 rings (SSSR count). The van der Waals surface area contributed by atoms with Crippen molar-refractivity contribution >= 4 is 5.91 Å². The first-order valence-electron chi connectivity index (χ1n) is 17.5. The second kappa shape index (κ2) is 33.6. The summed E-state index contributed by atoms with van der Waals surface area (Å²) in [5.74, 6) is -0.122. The van der Waals surface area contributed by atoms with Crippen LogP contribution in [0.1, 0.15) is 155 Å². The number of hydrogen-bond donors (Lipinski definition) is 3. The summed E-state index contributed by atoms with van der Waals surface area (Å²) in [5.41, 5.74) is 0. The number of nitrogens with one attached hydrogen (secondary N) is 1. The molecule has 0 radical (unpaired) electrons. The van der Waals surface area contributed by atoms with E-state index in [1.807, 2.05) is 6.08 Å². The summed E-state index contributed by atoms with van der Waals surface area (Å²) in [6.07, 6.45) is 45.8. The lowest BCUT2D eigenvalue weighted by Crippen LogP contribution is -2.45. The van der Waals surface area contributed by atoms with Crippen LogP contribution in [0.3, 0.4) is 0 Å². The molecule has 0 saturated carbocycles. The number of unbranched alkanes of at least 4 members (excludes halogenated alkanes) is 15. The molecule has 0 aliphatic carbocycles. The summed E-state index contributed by atoms with van der Waals surface area (Å²) in [5, 5.41) is 22.8. The van der Waals surface area contributed by atoms with E-state index in [4.69, 9.17) is 0 Å². The number of carbonyl (C=O) groups excluding carboxylic acids is 1. The van der Waals surface area contributed by atoms with Gasteiger partial charge in [-0.2, -0.15) is 0 Å². The fourth-order valence-electron chi connectivity index (χ4n) is 4.76. The Hall–Kier alpha value is -1.91. The van der Waals surface area contributed by atoms with Crippen LogP contribution in [-0.4, -0.2) is 34.9 Å². The highest BCUT2D eigenvalue weighted by Crippen LogP contribution is 2.12. The van der Waals surface area contributed by atoms with Crippen LogP contribution in [0.4, 0.5) is 0 Å². The van der Waals surface area contributed by atoms with E-state index in [0.29, 0.717) is 6.42 Å². The van der Waals surface area contributed by atoms with Gasteiger partial charge < -0.3 is 15.5 Å². The Labute approximate surface area is 260 Å². The maximum Gasteiger partial charge on any atom is 0.220 e. The largest absolute Gasteiger partial charge is 0.394 e. The van der Waals surface area contributed by atoms with Crippen molar-refractivity contribution in [2.75, 3.05) is 6.61 Å². The molecule has 0 aliphatic heterocycles. The predicted molar refractivity (Wildman–Crippen MR) is 184 cm³/mol. The molecule has 0 fully saturated rings. The molecule has 4 nitrogen and oxygen atoms in total.